The molecule has 0 radical (unpaired) electrons. The first-order valence-corrected chi connectivity index (χ1v) is 9.26. The number of aromatic nitrogens is 1. The van der Waals surface area contributed by atoms with Crippen LogP contribution in [0, 0.1) is 0 Å². The topological polar surface area (TPSA) is 64.4 Å². The van der Waals surface area contributed by atoms with Crippen LogP contribution in [0.15, 0.2) is 65.1 Å². The second kappa shape index (κ2) is 7.59. The zero-order valence-corrected chi connectivity index (χ0v) is 15.5. The van der Waals surface area contributed by atoms with Crippen molar-refractivity contribution in [1.29, 1.82) is 0 Å². The van der Waals surface area contributed by atoms with Crippen LogP contribution in [0.3, 0.4) is 0 Å². The van der Waals surface area contributed by atoms with E-state index in [1.54, 1.807) is 6.07 Å². The monoisotopic (exact) mass is 418 g/mol. The molecule has 0 saturated carbocycles. The number of amides is 1. The van der Waals surface area contributed by atoms with E-state index < -0.39 is 18.7 Å². The van der Waals surface area contributed by atoms with Crippen LogP contribution in [-0.4, -0.2) is 23.7 Å². The van der Waals surface area contributed by atoms with E-state index in [0.717, 1.165) is 10.2 Å². The molecular formula is C20H13F3N2O3S. The van der Waals surface area contributed by atoms with Crippen LogP contribution in [0.25, 0.3) is 21.0 Å². The largest absolute Gasteiger partial charge is 0.484 e. The van der Waals surface area contributed by atoms with Crippen LogP contribution < -0.4 is 10.1 Å². The van der Waals surface area contributed by atoms with Gasteiger partial charge in [-0.15, -0.1) is 11.3 Å². The molecule has 0 aliphatic rings. The Morgan fingerprint density at radius 2 is 1.83 bits per heavy atom. The number of carbonyl (C=O) groups is 1. The van der Waals surface area contributed by atoms with E-state index >= 15 is 0 Å². The van der Waals surface area contributed by atoms with E-state index in [1.807, 2.05) is 24.3 Å². The smallest absolute Gasteiger partial charge is 0.422 e. The minimum Gasteiger partial charge on any atom is -0.484 e. The van der Waals surface area contributed by atoms with E-state index in [4.69, 9.17) is 4.42 Å². The summed E-state index contributed by atoms with van der Waals surface area (Å²) in [5.74, 6) is 0.140. The summed E-state index contributed by atoms with van der Waals surface area (Å²) in [7, 11) is 0. The summed E-state index contributed by atoms with van der Waals surface area (Å²) in [5, 5.41) is 3.29. The van der Waals surface area contributed by atoms with E-state index in [9.17, 15) is 18.0 Å². The molecule has 148 valence electrons. The highest BCUT2D eigenvalue weighted by atomic mass is 32.1. The fraction of sp³-hybridized carbons (Fsp3) is 0.100. The Hall–Kier alpha value is -3.33. The van der Waals surface area contributed by atoms with Crippen molar-refractivity contribution < 1.29 is 27.1 Å². The van der Waals surface area contributed by atoms with Crippen LogP contribution >= 0.6 is 11.3 Å². The van der Waals surface area contributed by atoms with E-state index in [0.29, 0.717) is 16.5 Å². The number of nitrogens with one attached hydrogen (secondary N) is 1. The zero-order chi connectivity index (χ0) is 20.4. The molecule has 4 aromatic rings. The van der Waals surface area contributed by atoms with Crippen molar-refractivity contribution >= 4 is 33.1 Å². The lowest BCUT2D eigenvalue weighted by Crippen LogP contribution is -2.19. The van der Waals surface area contributed by atoms with Gasteiger partial charge in [-0.1, -0.05) is 12.1 Å². The summed E-state index contributed by atoms with van der Waals surface area (Å²) in [5.41, 5.74) is 1.25. The predicted molar refractivity (Wildman–Crippen MR) is 103 cm³/mol. The van der Waals surface area contributed by atoms with Crippen LogP contribution in [0.4, 0.5) is 18.9 Å². The summed E-state index contributed by atoms with van der Waals surface area (Å²) in [6.45, 7) is -1.38. The maximum Gasteiger partial charge on any atom is 0.422 e. The highest BCUT2D eigenvalue weighted by molar-refractivity contribution is 7.21. The first kappa shape index (κ1) is 19.0. The Kier molecular flexibility index (Phi) is 4.98. The van der Waals surface area contributed by atoms with Crippen molar-refractivity contribution in [2.75, 3.05) is 11.9 Å². The van der Waals surface area contributed by atoms with E-state index in [-0.39, 0.29) is 11.5 Å². The average Bonchev–Trinajstić information content (AvgIpc) is 3.33. The number of alkyl halides is 3. The van der Waals surface area contributed by atoms with Crippen molar-refractivity contribution in [1.82, 2.24) is 4.98 Å². The third kappa shape index (κ3) is 4.57. The molecule has 0 spiro atoms. The molecule has 9 heteroatoms. The number of carbonyl (C=O) groups excluding carboxylic acids is 1. The molecule has 0 unspecified atom stereocenters. The molecule has 29 heavy (non-hydrogen) atoms. The number of hydrogen-bond donors (Lipinski definition) is 1. The van der Waals surface area contributed by atoms with Crippen LogP contribution in [0.2, 0.25) is 0 Å². The normalized spacial score (nSPS) is 11.6. The number of fused-ring (bicyclic) bond motifs is 1. The minimum atomic E-state index is -4.41. The summed E-state index contributed by atoms with van der Waals surface area (Å²) >= 11 is 1.46. The van der Waals surface area contributed by atoms with Gasteiger partial charge in [0.1, 0.15) is 5.75 Å². The standard InChI is InChI=1S/C20H13F3N2O3S/c21-20(22,23)11-27-13-7-5-12(6-8-13)24-18(26)15-9-10-16(28-15)19-25-14-3-1-2-4-17(14)29-19/h1-10H,11H2,(H,24,26). The summed E-state index contributed by atoms with van der Waals surface area (Å²) < 4.78 is 47.8. The number of thiazole rings is 1. The molecule has 0 aliphatic carbocycles. The molecule has 2 aromatic heterocycles. The minimum absolute atomic E-state index is 0.0523. The number of benzene rings is 2. The molecule has 4 rings (SSSR count). The third-order valence-corrected chi connectivity index (χ3v) is 4.90. The van der Waals surface area contributed by atoms with Gasteiger partial charge in [0.15, 0.2) is 23.1 Å². The fourth-order valence-corrected chi connectivity index (χ4v) is 3.47. The van der Waals surface area contributed by atoms with Gasteiger partial charge in [0.25, 0.3) is 5.91 Å². The number of rotatable bonds is 5. The maximum absolute atomic E-state index is 12.4. The molecule has 2 heterocycles. The molecular weight excluding hydrogens is 405 g/mol. The molecule has 0 bridgehead atoms. The van der Waals surface area contributed by atoms with Gasteiger partial charge in [-0.2, -0.15) is 13.2 Å². The number of ether oxygens (including phenoxy) is 1. The SMILES string of the molecule is O=C(Nc1ccc(OCC(F)(F)F)cc1)c1ccc(-c2nc3ccccc3s2)o1. The van der Waals surface area contributed by atoms with Gasteiger partial charge >= 0.3 is 6.18 Å². The Balaban J connectivity index is 1.42. The second-order valence-electron chi connectivity index (χ2n) is 6.03. The van der Waals surface area contributed by atoms with Crippen LogP contribution in [0.5, 0.6) is 5.75 Å². The molecule has 0 saturated heterocycles. The predicted octanol–water partition coefficient (Wildman–Crippen LogP) is 5.75. The van der Waals surface area contributed by atoms with Gasteiger partial charge in [0.05, 0.1) is 10.2 Å². The molecule has 5 nitrogen and oxygen atoms in total. The Bertz CT molecular complexity index is 1120. The van der Waals surface area contributed by atoms with Gasteiger partial charge in [-0.05, 0) is 48.5 Å². The lowest BCUT2D eigenvalue weighted by molar-refractivity contribution is -0.153. The zero-order valence-electron chi connectivity index (χ0n) is 14.7. The number of hydrogen-bond acceptors (Lipinski definition) is 5. The Labute approximate surface area is 166 Å². The van der Waals surface area contributed by atoms with Crippen molar-refractivity contribution in [3.8, 4) is 16.5 Å². The van der Waals surface area contributed by atoms with Crippen molar-refractivity contribution in [3.05, 3.63) is 66.4 Å². The van der Waals surface area contributed by atoms with Gasteiger partial charge in [-0.25, -0.2) is 4.98 Å². The summed E-state index contributed by atoms with van der Waals surface area (Å²) in [6, 6.07) is 16.5. The summed E-state index contributed by atoms with van der Waals surface area (Å²) in [6.07, 6.45) is -4.41. The number of furan rings is 1. The molecule has 0 aliphatic heterocycles. The van der Waals surface area contributed by atoms with Gasteiger partial charge < -0.3 is 14.5 Å². The molecule has 1 N–H and O–H groups in total. The third-order valence-electron chi connectivity index (χ3n) is 3.85. The quantitative estimate of drug-likeness (QED) is 0.448. The lowest BCUT2D eigenvalue weighted by Gasteiger charge is -2.09. The highest BCUT2D eigenvalue weighted by Gasteiger charge is 2.28. The highest BCUT2D eigenvalue weighted by Crippen LogP contribution is 2.31. The maximum atomic E-state index is 12.4. The first-order valence-electron chi connectivity index (χ1n) is 8.44. The summed E-state index contributed by atoms with van der Waals surface area (Å²) in [4.78, 5) is 16.9. The molecule has 2 aromatic carbocycles. The number of nitrogens with zero attached hydrogens (tertiary/aromatic N) is 1. The Morgan fingerprint density at radius 3 is 2.55 bits per heavy atom. The van der Waals surface area contributed by atoms with Gasteiger partial charge in [0, 0.05) is 5.69 Å². The van der Waals surface area contributed by atoms with Gasteiger partial charge in [-0.3, -0.25) is 4.79 Å². The average molecular weight is 418 g/mol. The van der Waals surface area contributed by atoms with Gasteiger partial charge in [0.2, 0.25) is 0 Å². The van der Waals surface area contributed by atoms with Crippen molar-refractivity contribution in [2.24, 2.45) is 0 Å². The van der Waals surface area contributed by atoms with Crippen LogP contribution in [-0.2, 0) is 0 Å². The van der Waals surface area contributed by atoms with Crippen molar-refractivity contribution in [2.45, 2.75) is 6.18 Å². The lowest BCUT2D eigenvalue weighted by atomic mass is 10.3. The fourth-order valence-electron chi connectivity index (χ4n) is 2.54. The molecule has 1 amide bonds. The molecule has 0 fully saturated rings. The Morgan fingerprint density at radius 1 is 1.07 bits per heavy atom. The first-order chi connectivity index (χ1) is 13.9. The van der Waals surface area contributed by atoms with E-state index in [1.165, 1.54) is 41.7 Å². The van der Waals surface area contributed by atoms with Crippen molar-refractivity contribution in [3.63, 3.8) is 0 Å². The second-order valence-corrected chi connectivity index (χ2v) is 7.06. The number of anilines is 1. The number of halogens is 3. The molecule has 0 atom stereocenters. The number of para-hydroxylation sites is 1. The van der Waals surface area contributed by atoms with Crippen LogP contribution in [0.1, 0.15) is 10.6 Å². The van der Waals surface area contributed by atoms with E-state index in [2.05, 4.69) is 15.0 Å².